The van der Waals surface area contributed by atoms with E-state index in [-0.39, 0.29) is 17.3 Å². The fourth-order valence-electron chi connectivity index (χ4n) is 1.13. The van der Waals surface area contributed by atoms with Crippen LogP contribution in [0, 0.1) is 17.0 Å². The molecule has 0 saturated carbocycles. The first kappa shape index (κ1) is 10.2. The zero-order valence-electron chi connectivity index (χ0n) is 8.18. The van der Waals surface area contributed by atoms with Gasteiger partial charge in [0, 0.05) is 25.9 Å². The van der Waals surface area contributed by atoms with Crippen LogP contribution in [0.5, 0.6) is 5.75 Å². The van der Waals surface area contributed by atoms with Crippen molar-refractivity contribution in [3.05, 3.63) is 21.9 Å². The molecule has 0 bridgehead atoms. The summed E-state index contributed by atoms with van der Waals surface area (Å²) in [6.45, 7) is 1.53. The van der Waals surface area contributed by atoms with E-state index in [4.69, 9.17) is 0 Å². The van der Waals surface area contributed by atoms with Gasteiger partial charge in [-0.25, -0.2) is 4.98 Å². The van der Waals surface area contributed by atoms with E-state index in [1.165, 1.54) is 18.0 Å². The van der Waals surface area contributed by atoms with E-state index >= 15 is 0 Å². The van der Waals surface area contributed by atoms with Gasteiger partial charge < -0.3 is 10.0 Å². The number of hydrogen-bond donors (Lipinski definition) is 1. The lowest BCUT2D eigenvalue weighted by molar-refractivity contribution is -0.386. The molecule has 0 saturated heterocycles. The normalized spacial score (nSPS) is 9.93. The highest BCUT2D eigenvalue weighted by Crippen LogP contribution is 2.35. The molecule has 14 heavy (non-hydrogen) atoms. The molecule has 0 aliphatic carbocycles. The summed E-state index contributed by atoms with van der Waals surface area (Å²) in [4.78, 5) is 15.4. The van der Waals surface area contributed by atoms with E-state index in [0.717, 1.165) is 0 Å². The van der Waals surface area contributed by atoms with Gasteiger partial charge in [-0.2, -0.15) is 0 Å². The molecule has 0 spiro atoms. The molecule has 0 aliphatic heterocycles. The Morgan fingerprint density at radius 3 is 2.57 bits per heavy atom. The summed E-state index contributed by atoms with van der Waals surface area (Å²) in [6.07, 6.45) is 1.37. The monoisotopic (exact) mass is 197 g/mol. The lowest BCUT2D eigenvalue weighted by Gasteiger charge is -2.12. The Kier molecular flexibility index (Phi) is 2.55. The maximum atomic E-state index is 10.6. The minimum atomic E-state index is -0.612. The van der Waals surface area contributed by atoms with Crippen LogP contribution in [0.15, 0.2) is 6.20 Å². The summed E-state index contributed by atoms with van der Waals surface area (Å²) in [5.41, 5.74) is 0.0572. The number of nitrogens with zero attached hydrogens (tertiary/aromatic N) is 3. The highest BCUT2D eigenvalue weighted by molar-refractivity contribution is 5.64. The van der Waals surface area contributed by atoms with Crippen LogP contribution < -0.4 is 4.90 Å². The topological polar surface area (TPSA) is 79.5 Å². The molecule has 0 amide bonds. The van der Waals surface area contributed by atoms with Crippen LogP contribution in [0.4, 0.5) is 11.5 Å². The standard InChI is InChI=1S/C8H11N3O3/c1-5-4-9-8(10(2)3)7(12)6(5)11(13)14/h4,12H,1-3H3. The van der Waals surface area contributed by atoms with Gasteiger partial charge in [0.1, 0.15) is 0 Å². The van der Waals surface area contributed by atoms with Gasteiger partial charge in [0.15, 0.2) is 5.82 Å². The second-order valence-electron chi connectivity index (χ2n) is 3.11. The molecule has 6 nitrogen and oxygen atoms in total. The Morgan fingerprint density at radius 1 is 1.57 bits per heavy atom. The van der Waals surface area contributed by atoms with Crippen LogP contribution in [0.3, 0.4) is 0 Å². The summed E-state index contributed by atoms with van der Waals surface area (Å²) < 4.78 is 0. The molecule has 0 aliphatic rings. The number of aryl methyl sites for hydroxylation is 1. The summed E-state index contributed by atoms with van der Waals surface area (Å²) in [7, 11) is 3.31. The third kappa shape index (κ3) is 1.59. The SMILES string of the molecule is Cc1cnc(N(C)C)c(O)c1[N+](=O)[O-]. The Bertz CT molecular complexity index is 376. The van der Waals surface area contributed by atoms with Crippen molar-refractivity contribution in [2.24, 2.45) is 0 Å². The highest BCUT2D eigenvalue weighted by atomic mass is 16.6. The lowest BCUT2D eigenvalue weighted by Crippen LogP contribution is -2.11. The first-order valence-corrected chi connectivity index (χ1v) is 3.95. The van der Waals surface area contributed by atoms with Crippen molar-refractivity contribution >= 4 is 11.5 Å². The van der Waals surface area contributed by atoms with Gasteiger partial charge in [0.2, 0.25) is 5.75 Å². The van der Waals surface area contributed by atoms with E-state index in [2.05, 4.69) is 4.98 Å². The quantitative estimate of drug-likeness (QED) is 0.566. The van der Waals surface area contributed by atoms with Crippen molar-refractivity contribution < 1.29 is 10.0 Å². The van der Waals surface area contributed by atoms with Crippen molar-refractivity contribution in [3.8, 4) is 5.75 Å². The second kappa shape index (κ2) is 3.49. The van der Waals surface area contributed by atoms with Gasteiger partial charge in [-0.15, -0.1) is 0 Å². The van der Waals surface area contributed by atoms with Crippen LogP contribution in [0.2, 0.25) is 0 Å². The second-order valence-corrected chi connectivity index (χ2v) is 3.11. The van der Waals surface area contributed by atoms with Gasteiger partial charge in [-0.05, 0) is 6.92 Å². The molecule has 6 heteroatoms. The molecule has 1 aromatic heterocycles. The van der Waals surface area contributed by atoms with Crippen LogP contribution in [-0.2, 0) is 0 Å². The summed E-state index contributed by atoms with van der Waals surface area (Å²) in [5, 5.41) is 20.2. The predicted octanol–water partition coefficient (Wildman–Crippen LogP) is 1.07. The number of aromatic nitrogens is 1. The van der Waals surface area contributed by atoms with Crippen molar-refractivity contribution in [2.45, 2.75) is 6.92 Å². The maximum Gasteiger partial charge on any atom is 0.319 e. The molecule has 0 fully saturated rings. The van der Waals surface area contributed by atoms with Crippen molar-refractivity contribution in [3.63, 3.8) is 0 Å². The third-order valence-corrected chi connectivity index (χ3v) is 1.80. The van der Waals surface area contributed by atoms with Crippen LogP contribution in [0.1, 0.15) is 5.56 Å². The molecule has 0 aromatic carbocycles. The first-order valence-electron chi connectivity index (χ1n) is 3.95. The molecule has 1 rings (SSSR count). The molecular weight excluding hydrogens is 186 g/mol. The summed E-state index contributed by atoms with van der Waals surface area (Å²) >= 11 is 0. The molecule has 0 unspecified atom stereocenters. The fourth-order valence-corrected chi connectivity index (χ4v) is 1.13. The maximum absolute atomic E-state index is 10.6. The van der Waals surface area contributed by atoms with Crippen molar-refractivity contribution in [1.29, 1.82) is 0 Å². The molecule has 1 aromatic rings. The van der Waals surface area contributed by atoms with Gasteiger partial charge in [-0.3, -0.25) is 10.1 Å². The molecule has 1 N–H and O–H groups in total. The smallest absolute Gasteiger partial charge is 0.319 e. The Labute approximate surface area is 81.0 Å². The van der Waals surface area contributed by atoms with Crippen LogP contribution in [-0.4, -0.2) is 29.1 Å². The Balaban J connectivity index is 3.41. The van der Waals surface area contributed by atoms with Gasteiger partial charge in [0.05, 0.1) is 4.92 Å². The third-order valence-electron chi connectivity index (χ3n) is 1.80. The zero-order valence-corrected chi connectivity index (χ0v) is 8.18. The van der Waals surface area contributed by atoms with Gasteiger partial charge >= 0.3 is 5.69 Å². The average Bonchev–Trinajstić information content (AvgIpc) is 2.02. The molecule has 0 atom stereocenters. The first-order chi connectivity index (χ1) is 6.45. The predicted molar refractivity (Wildman–Crippen MR) is 51.6 cm³/mol. The van der Waals surface area contributed by atoms with E-state index in [9.17, 15) is 15.2 Å². The minimum absolute atomic E-state index is 0.197. The summed E-state index contributed by atoms with van der Waals surface area (Å²) in [5.74, 6) is -0.192. The lowest BCUT2D eigenvalue weighted by atomic mass is 10.2. The summed E-state index contributed by atoms with van der Waals surface area (Å²) in [6, 6.07) is 0. The van der Waals surface area contributed by atoms with E-state index < -0.39 is 4.92 Å². The van der Waals surface area contributed by atoms with Gasteiger partial charge in [0.25, 0.3) is 0 Å². The molecule has 1 heterocycles. The fraction of sp³-hybridized carbons (Fsp3) is 0.375. The number of nitro groups is 1. The molecule has 0 radical (unpaired) electrons. The zero-order chi connectivity index (χ0) is 10.9. The Hall–Kier alpha value is -1.85. The van der Waals surface area contributed by atoms with Crippen LogP contribution in [0.25, 0.3) is 0 Å². The average molecular weight is 197 g/mol. The van der Waals surface area contributed by atoms with Crippen LogP contribution >= 0.6 is 0 Å². The highest BCUT2D eigenvalue weighted by Gasteiger charge is 2.22. The van der Waals surface area contributed by atoms with E-state index in [1.54, 1.807) is 14.1 Å². The Morgan fingerprint density at radius 2 is 2.14 bits per heavy atom. The van der Waals surface area contributed by atoms with E-state index in [0.29, 0.717) is 5.56 Å². The molecular formula is C8H11N3O3. The number of rotatable bonds is 2. The number of hydrogen-bond acceptors (Lipinski definition) is 5. The largest absolute Gasteiger partial charge is 0.500 e. The van der Waals surface area contributed by atoms with E-state index in [1.807, 2.05) is 0 Å². The number of aromatic hydroxyl groups is 1. The van der Waals surface area contributed by atoms with Crippen molar-refractivity contribution in [1.82, 2.24) is 4.98 Å². The minimum Gasteiger partial charge on any atom is -0.500 e. The number of anilines is 1. The molecule has 76 valence electrons. The van der Waals surface area contributed by atoms with Crippen molar-refractivity contribution in [2.75, 3.05) is 19.0 Å². The van der Waals surface area contributed by atoms with Gasteiger partial charge in [-0.1, -0.05) is 0 Å². The number of pyridine rings is 1.